The summed E-state index contributed by atoms with van der Waals surface area (Å²) in [6, 6.07) is 8.78. The van der Waals surface area contributed by atoms with E-state index in [2.05, 4.69) is 51.4 Å². The molecule has 126 valence electrons. The lowest BCUT2D eigenvalue weighted by Crippen LogP contribution is -2.44. The summed E-state index contributed by atoms with van der Waals surface area (Å²) in [4.78, 5) is 9.33. The minimum absolute atomic E-state index is 0.874. The molecule has 4 nitrogen and oxygen atoms in total. The lowest BCUT2D eigenvalue weighted by molar-refractivity contribution is 0.212. The van der Waals surface area contributed by atoms with Crippen molar-refractivity contribution in [3.8, 4) is 0 Å². The van der Waals surface area contributed by atoms with Gasteiger partial charge in [-0.1, -0.05) is 24.3 Å². The average molecular weight is 314 g/mol. The Kier molecular flexibility index (Phi) is 5.55. The zero-order valence-corrected chi connectivity index (χ0v) is 14.6. The summed E-state index contributed by atoms with van der Waals surface area (Å²) in [6.07, 6.45) is 5.06. The van der Waals surface area contributed by atoms with Crippen LogP contribution in [0.5, 0.6) is 0 Å². The van der Waals surface area contributed by atoms with Crippen LogP contribution in [0.2, 0.25) is 0 Å². The fraction of sp³-hybridized carbons (Fsp3) is 0.632. The normalized spacial score (nSPS) is 20.4. The van der Waals surface area contributed by atoms with Crippen molar-refractivity contribution >= 4 is 5.96 Å². The van der Waals surface area contributed by atoms with Gasteiger partial charge in [-0.3, -0.25) is 4.99 Å². The molecule has 0 aliphatic carbocycles. The van der Waals surface area contributed by atoms with E-state index in [0.717, 1.165) is 37.9 Å². The Hall–Kier alpha value is -1.55. The van der Waals surface area contributed by atoms with E-state index >= 15 is 0 Å². The maximum absolute atomic E-state index is 4.50. The van der Waals surface area contributed by atoms with Gasteiger partial charge >= 0.3 is 0 Å². The van der Waals surface area contributed by atoms with Crippen molar-refractivity contribution in [2.24, 2.45) is 10.9 Å². The van der Waals surface area contributed by atoms with Gasteiger partial charge in [0.1, 0.15) is 0 Å². The Morgan fingerprint density at radius 2 is 1.91 bits per heavy atom. The zero-order chi connectivity index (χ0) is 16.1. The molecule has 0 aromatic heterocycles. The van der Waals surface area contributed by atoms with Crippen LogP contribution in [0.3, 0.4) is 0 Å². The van der Waals surface area contributed by atoms with Crippen LogP contribution in [-0.4, -0.2) is 56.0 Å². The number of fused-ring (bicyclic) bond motifs is 1. The van der Waals surface area contributed by atoms with Crippen molar-refractivity contribution in [3.05, 3.63) is 35.4 Å². The number of nitrogens with zero attached hydrogens (tertiary/aromatic N) is 3. The smallest absolute Gasteiger partial charge is 0.193 e. The van der Waals surface area contributed by atoms with Crippen LogP contribution in [0.15, 0.2) is 29.3 Å². The van der Waals surface area contributed by atoms with Gasteiger partial charge in [0.05, 0.1) is 0 Å². The second-order valence-electron chi connectivity index (χ2n) is 6.95. The number of guanidine groups is 1. The molecule has 1 N–H and O–H groups in total. The van der Waals surface area contributed by atoms with Crippen LogP contribution in [0.1, 0.15) is 30.4 Å². The standard InChI is InChI=1S/C19H30N4/c1-20-19(21-11-7-16-8-12-22(2)13-9-16)23-14-10-17-5-3-4-6-18(17)15-23/h3-6,16H,7-15H2,1-2H3,(H,20,21). The monoisotopic (exact) mass is 314 g/mol. The molecule has 1 fully saturated rings. The number of likely N-dealkylation sites (tertiary alicyclic amines) is 1. The van der Waals surface area contributed by atoms with Gasteiger partial charge < -0.3 is 15.1 Å². The van der Waals surface area contributed by atoms with Crippen molar-refractivity contribution < 1.29 is 0 Å². The Labute approximate surface area is 140 Å². The van der Waals surface area contributed by atoms with Gasteiger partial charge in [-0.25, -0.2) is 0 Å². The summed E-state index contributed by atoms with van der Waals surface area (Å²) in [5, 5.41) is 3.59. The first kappa shape index (κ1) is 16.3. The van der Waals surface area contributed by atoms with Crippen molar-refractivity contribution in [1.82, 2.24) is 15.1 Å². The first-order valence-electron chi connectivity index (χ1n) is 8.97. The molecule has 3 rings (SSSR count). The lowest BCUT2D eigenvalue weighted by Gasteiger charge is -2.32. The van der Waals surface area contributed by atoms with Crippen molar-refractivity contribution in [3.63, 3.8) is 0 Å². The molecule has 0 amide bonds. The molecule has 0 atom stereocenters. The van der Waals surface area contributed by atoms with E-state index in [1.807, 2.05) is 7.05 Å². The molecule has 1 saturated heterocycles. The van der Waals surface area contributed by atoms with Gasteiger partial charge in [-0.2, -0.15) is 0 Å². The molecule has 0 spiro atoms. The summed E-state index contributed by atoms with van der Waals surface area (Å²) in [7, 11) is 4.13. The predicted octanol–water partition coefficient (Wildman–Crippen LogP) is 2.35. The first-order chi connectivity index (χ1) is 11.3. The van der Waals surface area contributed by atoms with E-state index in [0.29, 0.717) is 0 Å². The molecule has 1 aromatic carbocycles. The predicted molar refractivity (Wildman–Crippen MR) is 96.8 cm³/mol. The average Bonchev–Trinajstić information content (AvgIpc) is 2.60. The Balaban J connectivity index is 1.47. The molecule has 2 aliphatic rings. The van der Waals surface area contributed by atoms with Gasteiger partial charge in [0.15, 0.2) is 5.96 Å². The second-order valence-corrected chi connectivity index (χ2v) is 6.95. The third-order valence-corrected chi connectivity index (χ3v) is 5.32. The Morgan fingerprint density at radius 3 is 2.65 bits per heavy atom. The summed E-state index contributed by atoms with van der Waals surface area (Å²) in [5.41, 5.74) is 2.93. The topological polar surface area (TPSA) is 30.9 Å². The van der Waals surface area contributed by atoms with Crippen LogP contribution in [-0.2, 0) is 13.0 Å². The number of aliphatic imine (C=N–C) groups is 1. The van der Waals surface area contributed by atoms with E-state index in [-0.39, 0.29) is 0 Å². The molecular weight excluding hydrogens is 284 g/mol. The fourth-order valence-electron chi connectivity index (χ4n) is 3.75. The largest absolute Gasteiger partial charge is 0.356 e. The summed E-state index contributed by atoms with van der Waals surface area (Å²) in [6.45, 7) is 5.58. The second kappa shape index (κ2) is 7.82. The molecule has 23 heavy (non-hydrogen) atoms. The molecule has 1 aromatic rings. The number of rotatable bonds is 3. The van der Waals surface area contributed by atoms with E-state index < -0.39 is 0 Å². The molecule has 0 bridgehead atoms. The number of hydrogen-bond acceptors (Lipinski definition) is 2. The van der Waals surface area contributed by atoms with E-state index in [1.54, 1.807) is 0 Å². The maximum atomic E-state index is 4.50. The van der Waals surface area contributed by atoms with E-state index in [1.165, 1.54) is 43.5 Å². The minimum atomic E-state index is 0.874. The van der Waals surface area contributed by atoms with Gasteiger partial charge in [-0.15, -0.1) is 0 Å². The third-order valence-electron chi connectivity index (χ3n) is 5.32. The number of hydrogen-bond donors (Lipinski definition) is 1. The lowest BCUT2D eigenvalue weighted by atomic mass is 9.94. The highest BCUT2D eigenvalue weighted by molar-refractivity contribution is 5.80. The summed E-state index contributed by atoms with van der Waals surface area (Å²) < 4.78 is 0. The first-order valence-corrected chi connectivity index (χ1v) is 8.97. The molecule has 0 unspecified atom stereocenters. The molecule has 4 heteroatoms. The summed E-state index contributed by atoms with van der Waals surface area (Å²) >= 11 is 0. The molecular formula is C19H30N4. The highest BCUT2D eigenvalue weighted by Crippen LogP contribution is 2.20. The van der Waals surface area contributed by atoms with Gasteiger partial charge in [0.2, 0.25) is 0 Å². The number of nitrogens with one attached hydrogen (secondary N) is 1. The van der Waals surface area contributed by atoms with Crippen molar-refractivity contribution in [2.75, 3.05) is 40.3 Å². The van der Waals surface area contributed by atoms with E-state index in [9.17, 15) is 0 Å². The number of piperidine rings is 1. The SMILES string of the molecule is CN=C(NCCC1CCN(C)CC1)N1CCc2ccccc2C1. The van der Waals surface area contributed by atoms with Gasteiger partial charge in [0.25, 0.3) is 0 Å². The highest BCUT2D eigenvalue weighted by atomic mass is 15.3. The minimum Gasteiger partial charge on any atom is -0.356 e. The van der Waals surface area contributed by atoms with Gasteiger partial charge in [-0.05, 0) is 62.9 Å². The molecule has 2 heterocycles. The summed E-state index contributed by atoms with van der Waals surface area (Å²) in [5.74, 6) is 1.94. The van der Waals surface area contributed by atoms with E-state index in [4.69, 9.17) is 0 Å². The van der Waals surface area contributed by atoms with Crippen LogP contribution in [0.4, 0.5) is 0 Å². The van der Waals surface area contributed by atoms with Crippen LogP contribution >= 0.6 is 0 Å². The Morgan fingerprint density at radius 1 is 1.17 bits per heavy atom. The molecule has 0 saturated carbocycles. The molecule has 2 aliphatic heterocycles. The van der Waals surface area contributed by atoms with Crippen molar-refractivity contribution in [2.45, 2.75) is 32.2 Å². The quantitative estimate of drug-likeness (QED) is 0.686. The fourth-order valence-corrected chi connectivity index (χ4v) is 3.75. The maximum Gasteiger partial charge on any atom is 0.193 e. The van der Waals surface area contributed by atoms with Crippen LogP contribution in [0, 0.1) is 5.92 Å². The molecule has 0 radical (unpaired) electrons. The Bertz CT molecular complexity index is 532. The highest BCUT2D eigenvalue weighted by Gasteiger charge is 2.20. The third kappa shape index (κ3) is 4.25. The van der Waals surface area contributed by atoms with Crippen LogP contribution in [0.25, 0.3) is 0 Å². The zero-order valence-electron chi connectivity index (χ0n) is 14.6. The van der Waals surface area contributed by atoms with Crippen molar-refractivity contribution in [1.29, 1.82) is 0 Å². The number of benzene rings is 1. The van der Waals surface area contributed by atoms with Crippen LogP contribution < -0.4 is 5.32 Å². The van der Waals surface area contributed by atoms with Gasteiger partial charge in [0, 0.05) is 26.7 Å².